The van der Waals surface area contributed by atoms with Gasteiger partial charge in [0.1, 0.15) is 13.0 Å². The Morgan fingerprint density at radius 3 is 1.75 bits per heavy atom. The van der Waals surface area contributed by atoms with Gasteiger partial charge in [0.05, 0.1) is 55.2 Å². The average molecular weight is 1110 g/mol. The number of nitrogens with zero attached hydrogens (tertiary/aromatic N) is 1. The van der Waals surface area contributed by atoms with Gasteiger partial charge in [0.2, 0.25) is 0 Å². The molecular weight excluding hydrogens is 1070 g/mol. The maximum absolute atomic E-state index is 12.1. The third-order valence-corrected chi connectivity index (χ3v) is 6.64. The van der Waals surface area contributed by atoms with Crippen molar-refractivity contribution in [2.24, 2.45) is 5.73 Å². The molecule has 0 aromatic heterocycles. The summed E-state index contributed by atoms with van der Waals surface area (Å²) in [6.07, 6.45) is 4.16. The number of hydrogen-bond donors (Lipinski definition) is 2. The van der Waals surface area contributed by atoms with E-state index in [0.717, 1.165) is 30.2 Å². The maximum atomic E-state index is 12.1. The number of unbranched alkanes of at least 4 members (excludes halogenated alkanes) is 2. The van der Waals surface area contributed by atoms with E-state index in [9.17, 15) is 33.6 Å². The minimum absolute atomic E-state index is 0. The third-order valence-electron chi connectivity index (χ3n) is 6.64. The SMILES string of the molecule is CCCCCOCC(=O)CC(=O)OCC.CCOC(=O)/C=C(/N)COCCN1C(=O)c2ccccc2C1=O.I[I-]I.O=C1NC(=O)c2ccccc21.[V]. The van der Waals surface area contributed by atoms with Crippen molar-refractivity contribution in [2.45, 2.75) is 46.5 Å². The molecule has 3 N–H and O–H groups in total. The van der Waals surface area contributed by atoms with Crippen LogP contribution in [0.2, 0.25) is 0 Å². The molecule has 2 heterocycles. The Balaban J connectivity index is 0.000000777. The van der Waals surface area contributed by atoms with Gasteiger partial charge in [-0.15, -0.1) is 0 Å². The van der Waals surface area contributed by atoms with Crippen LogP contribution in [0.3, 0.4) is 0 Å². The van der Waals surface area contributed by atoms with Gasteiger partial charge in [-0.05, 0) is 44.5 Å². The molecule has 291 valence electrons. The second kappa shape index (κ2) is 29.9. The van der Waals surface area contributed by atoms with Gasteiger partial charge >= 0.3 is 62.4 Å². The van der Waals surface area contributed by atoms with E-state index in [-0.39, 0.29) is 93.1 Å². The van der Waals surface area contributed by atoms with Crippen molar-refractivity contribution >= 4 is 78.6 Å². The van der Waals surface area contributed by atoms with Crippen molar-refractivity contribution in [3.8, 4) is 0 Å². The van der Waals surface area contributed by atoms with Gasteiger partial charge in [-0.3, -0.25) is 39.0 Å². The fraction of sp³-hybridized carbons (Fsp3) is 0.400. The Kier molecular flexibility index (Phi) is 28.5. The third kappa shape index (κ3) is 19.6. The Hall–Kier alpha value is -2.44. The fourth-order valence-electron chi connectivity index (χ4n) is 4.35. The van der Waals surface area contributed by atoms with E-state index >= 15 is 0 Å². The number of ether oxygens (including phenoxy) is 4. The second-order valence-electron chi connectivity index (χ2n) is 10.5. The van der Waals surface area contributed by atoms with Crippen LogP contribution in [-0.2, 0) is 51.9 Å². The summed E-state index contributed by atoms with van der Waals surface area (Å²) in [4.78, 5) is 80.4. The van der Waals surface area contributed by atoms with Crippen molar-refractivity contribution in [3.05, 3.63) is 82.6 Å². The number of carbonyl (C=O) groups is 7. The molecule has 0 aliphatic carbocycles. The van der Waals surface area contributed by atoms with E-state index in [2.05, 4.69) is 54.2 Å². The summed E-state index contributed by atoms with van der Waals surface area (Å²) in [5, 5.41) is 2.20. The molecule has 18 heteroatoms. The molecule has 1 radical (unpaired) electrons. The first kappa shape index (κ1) is 50.6. The molecular formula is C35H43I3N3O11V-. The van der Waals surface area contributed by atoms with Crippen LogP contribution >= 0.6 is 37.2 Å². The number of halogens is 3. The zero-order chi connectivity index (χ0) is 38.9. The van der Waals surface area contributed by atoms with Gasteiger partial charge in [-0.1, -0.05) is 44.0 Å². The normalized spacial score (nSPS) is 12.4. The largest absolute Gasteiger partial charge is 0.288 e. The van der Waals surface area contributed by atoms with Crippen LogP contribution in [0.25, 0.3) is 0 Å². The zero-order valence-corrected chi connectivity index (χ0v) is 37.4. The average Bonchev–Trinajstić information content (AvgIpc) is 3.54. The van der Waals surface area contributed by atoms with Gasteiger partial charge in [0, 0.05) is 36.9 Å². The molecule has 4 amide bonds. The number of esters is 2. The van der Waals surface area contributed by atoms with E-state index in [4.69, 9.17) is 19.9 Å². The number of benzene rings is 2. The Bertz CT molecular complexity index is 1490. The first-order valence-corrected chi connectivity index (χ1v) is 28.7. The number of nitrogens with two attached hydrogens (primary N) is 1. The smallest absolute Gasteiger partial charge is 0.258 e. The van der Waals surface area contributed by atoms with E-state index in [1.807, 2.05) is 0 Å². The van der Waals surface area contributed by atoms with Crippen molar-refractivity contribution in [1.82, 2.24) is 10.2 Å². The van der Waals surface area contributed by atoms with Crippen molar-refractivity contribution < 1.29 is 84.3 Å². The summed E-state index contributed by atoms with van der Waals surface area (Å²) in [5.74, 6) is -2.48. The summed E-state index contributed by atoms with van der Waals surface area (Å²) >= 11 is 5.30. The first-order valence-electron chi connectivity index (χ1n) is 16.2. The number of rotatable bonds is 16. The summed E-state index contributed by atoms with van der Waals surface area (Å²) in [7, 11) is 0. The molecule has 14 nitrogen and oxygen atoms in total. The summed E-state index contributed by atoms with van der Waals surface area (Å²) in [5.41, 5.74) is 7.57. The van der Waals surface area contributed by atoms with Crippen LogP contribution in [0.15, 0.2) is 60.3 Å². The predicted molar refractivity (Wildman–Crippen MR) is 204 cm³/mol. The molecule has 2 aliphatic rings. The number of amides is 4. The number of fused-ring (bicyclic) bond motifs is 2. The van der Waals surface area contributed by atoms with Crippen LogP contribution in [0.5, 0.6) is 0 Å². The van der Waals surface area contributed by atoms with E-state index in [1.54, 1.807) is 62.4 Å². The van der Waals surface area contributed by atoms with Gasteiger partial charge < -0.3 is 24.7 Å². The standard InChI is InChI=1S/C16H18N2O5.C11H20O4.C8H5NO2.I3.V/c1-2-23-14(19)9-11(17)10-22-8-7-18-15(20)12-5-3-4-6-13(12)16(18)21;1-3-5-6-7-14-9-10(12)8-11(13)15-4-2;10-7-5-3-1-2-4-6(5)8(11)9-7;1-3-2;/h3-6,9H,2,7-8,10,17H2,1H3;3-9H2,1-2H3;1-4H,(H,9,10,11);;/q;;;-1;/b11-9+;;;;. The monoisotopic (exact) mass is 1110 g/mol. The van der Waals surface area contributed by atoms with E-state index in [1.165, 1.54) is 0 Å². The predicted octanol–water partition coefficient (Wildman–Crippen LogP) is 1.76. The number of imide groups is 2. The van der Waals surface area contributed by atoms with Crippen LogP contribution in [-0.4, -0.2) is 92.4 Å². The summed E-state index contributed by atoms with van der Waals surface area (Å²) in [6.45, 7) is 6.96. The maximum Gasteiger partial charge on any atom is 0.258 e. The molecule has 0 spiro atoms. The summed E-state index contributed by atoms with van der Waals surface area (Å²) < 4.78 is 19.8. The minimum Gasteiger partial charge on any atom is -0.288 e. The van der Waals surface area contributed by atoms with Gasteiger partial charge in [-0.25, -0.2) is 4.79 Å². The van der Waals surface area contributed by atoms with E-state index in [0.29, 0.717) is 48.7 Å². The van der Waals surface area contributed by atoms with Gasteiger partial charge in [-0.2, -0.15) is 0 Å². The second-order valence-corrected chi connectivity index (χ2v) is 26.7. The number of nitrogens with one attached hydrogen (secondary N) is 1. The van der Waals surface area contributed by atoms with Crippen molar-refractivity contribution in [2.75, 3.05) is 46.2 Å². The number of hydrogen-bond acceptors (Lipinski definition) is 12. The van der Waals surface area contributed by atoms with Gasteiger partial charge in [0.25, 0.3) is 23.6 Å². The molecule has 53 heavy (non-hydrogen) atoms. The molecule has 2 aromatic rings. The molecule has 0 atom stereocenters. The van der Waals surface area contributed by atoms with Crippen LogP contribution in [0.4, 0.5) is 0 Å². The molecule has 0 saturated carbocycles. The number of carbonyl (C=O) groups excluding carboxylic acids is 7. The Morgan fingerprint density at radius 2 is 1.26 bits per heavy atom. The molecule has 0 unspecified atom stereocenters. The quantitative estimate of drug-likeness (QED) is 0.0619. The molecule has 2 aromatic carbocycles. The molecule has 0 saturated heterocycles. The molecule has 0 fully saturated rings. The number of Topliss-reactive ketones (excluding diaryl/α,β-unsaturated/α-hetero) is 1. The molecule has 4 rings (SSSR count). The first-order chi connectivity index (χ1) is 24.9. The van der Waals surface area contributed by atoms with E-state index < -0.39 is 11.9 Å². The van der Waals surface area contributed by atoms with Crippen LogP contribution < -0.4 is 24.3 Å². The Morgan fingerprint density at radius 1 is 0.774 bits per heavy atom. The fourth-order valence-corrected chi connectivity index (χ4v) is 4.35. The zero-order valence-electron chi connectivity index (χ0n) is 29.6. The minimum atomic E-state index is -0.533. The Labute approximate surface area is 350 Å². The van der Waals surface area contributed by atoms with Crippen molar-refractivity contribution in [1.29, 1.82) is 0 Å². The van der Waals surface area contributed by atoms with Crippen LogP contribution in [0, 0.1) is 0 Å². The van der Waals surface area contributed by atoms with Crippen LogP contribution in [0.1, 0.15) is 87.9 Å². The number of ketones is 1. The molecule has 0 bridgehead atoms. The molecule has 2 aliphatic heterocycles. The van der Waals surface area contributed by atoms with Crippen molar-refractivity contribution in [3.63, 3.8) is 0 Å². The van der Waals surface area contributed by atoms with Gasteiger partial charge in [0.15, 0.2) is 5.78 Å². The summed E-state index contributed by atoms with van der Waals surface area (Å²) in [6, 6.07) is 13.4. The topological polar surface area (TPSA) is 198 Å².